The maximum atomic E-state index is 12.2. The molecule has 0 bridgehead atoms. The van der Waals surface area contributed by atoms with Crippen LogP contribution in [0.4, 0.5) is 0 Å². The van der Waals surface area contributed by atoms with Gasteiger partial charge in [-0.3, -0.25) is 9.59 Å². The Hall–Kier alpha value is -1.82. The Morgan fingerprint density at radius 1 is 0.471 bits per heavy atom. The van der Waals surface area contributed by atoms with Crippen molar-refractivity contribution in [1.82, 2.24) is 10.6 Å². The van der Waals surface area contributed by atoms with E-state index in [0.717, 1.165) is 13.8 Å². The van der Waals surface area contributed by atoms with Crippen LogP contribution in [-0.4, -0.2) is 222 Å². The lowest BCUT2D eigenvalue weighted by Gasteiger charge is -2.50. The summed E-state index contributed by atoms with van der Waals surface area (Å²) in [4.78, 5) is 24.0. The molecule has 4 saturated heterocycles. The molecule has 296 valence electrons. The van der Waals surface area contributed by atoms with Gasteiger partial charge in [-0.15, -0.1) is 0 Å². The van der Waals surface area contributed by atoms with Crippen molar-refractivity contribution in [1.29, 1.82) is 0 Å². The number of aliphatic hydroxyl groups is 12. The van der Waals surface area contributed by atoms with E-state index in [4.69, 9.17) is 33.2 Å². The number of aliphatic hydroxyl groups excluding tert-OH is 12. The average molecular weight is 749 g/mol. The third-order valence-electron chi connectivity index (χ3n) is 9.01. The van der Waals surface area contributed by atoms with Crippen LogP contribution in [-0.2, 0) is 42.7 Å². The minimum Gasteiger partial charge on any atom is -0.394 e. The van der Waals surface area contributed by atoms with E-state index in [1.54, 1.807) is 0 Å². The highest BCUT2D eigenvalue weighted by atomic mass is 16.8. The number of carbonyl (C=O) groups excluding carboxylic acids is 2. The third-order valence-corrected chi connectivity index (χ3v) is 9.01. The van der Waals surface area contributed by atoms with E-state index in [1.165, 1.54) is 0 Å². The van der Waals surface area contributed by atoms with Gasteiger partial charge in [-0.1, -0.05) is 0 Å². The van der Waals surface area contributed by atoms with Gasteiger partial charge in [0.25, 0.3) is 0 Å². The largest absolute Gasteiger partial charge is 0.394 e. The monoisotopic (exact) mass is 748 g/mol. The van der Waals surface area contributed by atoms with Crippen LogP contribution >= 0.6 is 0 Å². The third kappa shape index (κ3) is 9.11. The molecule has 0 aliphatic carbocycles. The highest BCUT2D eigenvalue weighted by Crippen LogP contribution is 2.34. The molecule has 0 aromatic rings. The molecule has 0 saturated carbocycles. The Kier molecular flexibility index (Phi) is 14.8. The van der Waals surface area contributed by atoms with E-state index in [2.05, 4.69) is 10.6 Å². The maximum Gasteiger partial charge on any atom is 0.217 e. The van der Waals surface area contributed by atoms with Crippen molar-refractivity contribution < 1.29 is 104 Å². The van der Waals surface area contributed by atoms with Gasteiger partial charge in [-0.05, 0) is 0 Å². The minimum absolute atomic E-state index is 0.698. The van der Waals surface area contributed by atoms with Crippen LogP contribution in [0.3, 0.4) is 0 Å². The number of ether oxygens (including phenoxy) is 7. The zero-order valence-corrected chi connectivity index (χ0v) is 27.4. The van der Waals surface area contributed by atoms with Crippen LogP contribution in [0, 0.1) is 0 Å². The summed E-state index contributed by atoms with van der Waals surface area (Å²) < 4.78 is 39.0. The summed E-state index contributed by atoms with van der Waals surface area (Å²) in [5, 5.41) is 130. The van der Waals surface area contributed by atoms with Gasteiger partial charge in [0.05, 0.1) is 26.4 Å². The van der Waals surface area contributed by atoms with Gasteiger partial charge < -0.3 is 105 Å². The molecule has 4 fully saturated rings. The molecule has 23 nitrogen and oxygen atoms in total. The van der Waals surface area contributed by atoms with Crippen molar-refractivity contribution in [2.24, 2.45) is 0 Å². The highest BCUT2D eigenvalue weighted by molar-refractivity contribution is 5.73. The molecule has 20 atom stereocenters. The van der Waals surface area contributed by atoms with Crippen LogP contribution in [0.25, 0.3) is 0 Å². The van der Waals surface area contributed by atoms with Gasteiger partial charge in [0.15, 0.2) is 25.2 Å². The number of carbonyl (C=O) groups is 2. The van der Waals surface area contributed by atoms with Crippen molar-refractivity contribution in [2.45, 2.75) is 137 Å². The maximum absolute atomic E-state index is 12.2. The van der Waals surface area contributed by atoms with Crippen molar-refractivity contribution in [3.8, 4) is 0 Å². The second-order valence-corrected chi connectivity index (χ2v) is 12.6. The molecule has 4 heterocycles. The van der Waals surface area contributed by atoms with Crippen molar-refractivity contribution in [3.63, 3.8) is 0 Å². The van der Waals surface area contributed by atoms with Crippen LogP contribution < -0.4 is 10.6 Å². The molecule has 2 amide bonds. The number of hydrogen-bond acceptors (Lipinski definition) is 21. The SMILES string of the molecule is CC(=O)N[C@H]1[C@H](O[C@H]2[C@@H](O)[C@@H](CO)OC(O)[C@@H]2O)O[C@H](CO)[C@@H](O[C@@H]2O[C@H](CO)[C@H](O)[C@H](O[C@@H]3O[C@H](CO)[C@@H](O)[C@H](O)[C@H]3NC(C)=O)[C@H]2O)[C@@H]1O. The number of amides is 2. The summed E-state index contributed by atoms with van der Waals surface area (Å²) in [5.74, 6) is -1.45. The first kappa shape index (κ1) is 41.9. The van der Waals surface area contributed by atoms with Gasteiger partial charge in [-0.25, -0.2) is 0 Å². The normalized spacial score (nSPS) is 47.8. The quantitative estimate of drug-likeness (QED) is 0.0881. The summed E-state index contributed by atoms with van der Waals surface area (Å²) in [6.07, 6.45) is -31.5. The molecule has 4 aliphatic rings. The smallest absolute Gasteiger partial charge is 0.217 e. The summed E-state index contributed by atoms with van der Waals surface area (Å²) in [5.41, 5.74) is 0. The summed E-state index contributed by atoms with van der Waals surface area (Å²) in [7, 11) is 0. The van der Waals surface area contributed by atoms with Crippen molar-refractivity contribution >= 4 is 11.8 Å². The second-order valence-electron chi connectivity index (χ2n) is 12.6. The lowest BCUT2D eigenvalue weighted by atomic mass is 9.94. The van der Waals surface area contributed by atoms with E-state index in [-0.39, 0.29) is 0 Å². The predicted octanol–water partition coefficient (Wildman–Crippen LogP) is -9.46. The molecule has 4 rings (SSSR count). The first-order chi connectivity index (χ1) is 24.1. The molecule has 4 aliphatic heterocycles. The van der Waals surface area contributed by atoms with E-state index < -0.39 is 161 Å². The summed E-state index contributed by atoms with van der Waals surface area (Å²) in [6, 6.07) is -3.11. The second kappa shape index (κ2) is 18.0. The van der Waals surface area contributed by atoms with Crippen LogP contribution in [0.5, 0.6) is 0 Å². The first-order valence-corrected chi connectivity index (χ1v) is 16.1. The molecular formula is C28H48N2O21. The summed E-state index contributed by atoms with van der Waals surface area (Å²) >= 11 is 0. The lowest BCUT2D eigenvalue weighted by Crippen LogP contribution is -2.70. The first-order valence-electron chi connectivity index (χ1n) is 16.1. The minimum atomic E-state index is -2.04. The Balaban J connectivity index is 1.58. The zero-order valence-electron chi connectivity index (χ0n) is 27.4. The molecule has 0 spiro atoms. The molecule has 14 N–H and O–H groups in total. The van der Waals surface area contributed by atoms with E-state index in [1.807, 2.05) is 0 Å². The van der Waals surface area contributed by atoms with Gasteiger partial charge in [-0.2, -0.15) is 0 Å². The predicted molar refractivity (Wildman–Crippen MR) is 157 cm³/mol. The number of nitrogens with one attached hydrogen (secondary N) is 2. The lowest BCUT2D eigenvalue weighted by molar-refractivity contribution is -0.376. The Labute approximate surface area is 289 Å². The molecule has 0 radical (unpaired) electrons. The molecule has 23 heteroatoms. The molecule has 0 aromatic carbocycles. The number of rotatable bonds is 12. The molecule has 0 aromatic heterocycles. The van der Waals surface area contributed by atoms with Gasteiger partial charge in [0.1, 0.15) is 97.5 Å². The fourth-order valence-electron chi connectivity index (χ4n) is 6.35. The highest BCUT2D eigenvalue weighted by Gasteiger charge is 2.55. The van der Waals surface area contributed by atoms with Gasteiger partial charge >= 0.3 is 0 Å². The van der Waals surface area contributed by atoms with Crippen molar-refractivity contribution in [2.75, 3.05) is 26.4 Å². The van der Waals surface area contributed by atoms with E-state index >= 15 is 0 Å². The Bertz CT molecular complexity index is 1140. The molecular weight excluding hydrogens is 700 g/mol. The van der Waals surface area contributed by atoms with Crippen LogP contribution in [0.2, 0.25) is 0 Å². The van der Waals surface area contributed by atoms with Gasteiger partial charge in [0, 0.05) is 13.8 Å². The summed E-state index contributed by atoms with van der Waals surface area (Å²) in [6.45, 7) is -1.30. The fourth-order valence-corrected chi connectivity index (χ4v) is 6.35. The zero-order chi connectivity index (χ0) is 37.9. The van der Waals surface area contributed by atoms with E-state index in [9.17, 15) is 70.9 Å². The standard InChI is InChI=1S/C28H48N2O21/c1-7(35)29-13-18(40)15(37)9(3-31)46-26(13)51-24-17(39)11(5-33)47-28(21(24)43)49-22-12(6-34)48-27(14(19(22)41)30-8(2)36)50-23-16(38)10(4-32)45-25(44)20(23)42/h9-28,31-34,37-44H,3-6H2,1-2H3,(H,29,35)(H,30,36)/t9-,10-,11-,12-,13-,14-,15-,16+,17+,18-,19-,20-,21-,22-,23+,24+,25?,26+,27+,28+/m1/s1. The van der Waals surface area contributed by atoms with Crippen LogP contribution in [0.15, 0.2) is 0 Å². The van der Waals surface area contributed by atoms with Gasteiger partial charge in [0.2, 0.25) is 11.8 Å². The van der Waals surface area contributed by atoms with Crippen LogP contribution in [0.1, 0.15) is 13.8 Å². The molecule has 1 unspecified atom stereocenters. The molecule has 51 heavy (non-hydrogen) atoms. The Morgan fingerprint density at radius 3 is 1.35 bits per heavy atom. The number of hydrogen-bond donors (Lipinski definition) is 14. The fraction of sp³-hybridized carbons (Fsp3) is 0.929. The average Bonchev–Trinajstić information content (AvgIpc) is 3.09. The Morgan fingerprint density at radius 2 is 0.863 bits per heavy atom. The van der Waals surface area contributed by atoms with E-state index in [0.29, 0.717) is 0 Å². The van der Waals surface area contributed by atoms with Crippen molar-refractivity contribution in [3.05, 3.63) is 0 Å². The topological polar surface area (TPSA) is 366 Å².